The van der Waals surface area contributed by atoms with Gasteiger partial charge in [-0.3, -0.25) is 4.79 Å². The van der Waals surface area contributed by atoms with Gasteiger partial charge in [-0.15, -0.1) is 0 Å². The zero-order valence-electron chi connectivity index (χ0n) is 12.0. The number of rotatable bonds is 5. The Morgan fingerprint density at radius 1 is 1.17 bits per heavy atom. The molecule has 1 aliphatic heterocycles. The molecule has 1 saturated heterocycles. The number of carbonyl (C=O) groups is 1. The van der Waals surface area contributed by atoms with E-state index in [1.54, 1.807) is 4.90 Å². The van der Waals surface area contributed by atoms with Crippen LogP contribution in [0.1, 0.15) is 38.5 Å². The van der Waals surface area contributed by atoms with E-state index in [0.717, 1.165) is 25.4 Å². The third kappa shape index (κ3) is 3.23. The lowest BCUT2D eigenvalue weighted by Gasteiger charge is -2.35. The summed E-state index contributed by atoms with van der Waals surface area (Å²) in [4.78, 5) is 16.0. The molecule has 0 aromatic rings. The molecule has 1 saturated carbocycles. The molecule has 2 aliphatic rings. The van der Waals surface area contributed by atoms with Crippen LogP contribution in [0.3, 0.4) is 0 Å². The van der Waals surface area contributed by atoms with Crippen LogP contribution in [0.2, 0.25) is 0 Å². The van der Waals surface area contributed by atoms with Crippen molar-refractivity contribution in [3.05, 3.63) is 0 Å². The highest BCUT2D eigenvalue weighted by Crippen LogP contribution is 2.24. The van der Waals surface area contributed by atoms with Crippen molar-refractivity contribution < 1.29 is 4.79 Å². The van der Waals surface area contributed by atoms with E-state index in [2.05, 4.69) is 17.3 Å². The summed E-state index contributed by atoms with van der Waals surface area (Å²) in [6.07, 6.45) is 7.45. The van der Waals surface area contributed by atoms with E-state index in [4.69, 9.17) is 0 Å². The van der Waals surface area contributed by atoms with Crippen molar-refractivity contribution >= 4 is 5.91 Å². The minimum atomic E-state index is 0.0546. The second-order valence-corrected chi connectivity index (χ2v) is 6.08. The Labute approximate surface area is 111 Å². The van der Waals surface area contributed by atoms with Gasteiger partial charge in [0.25, 0.3) is 0 Å². The van der Waals surface area contributed by atoms with Crippen LogP contribution in [-0.4, -0.2) is 61.5 Å². The number of amides is 1. The molecule has 0 aromatic carbocycles. The molecule has 18 heavy (non-hydrogen) atoms. The summed E-state index contributed by atoms with van der Waals surface area (Å²) >= 11 is 0. The van der Waals surface area contributed by atoms with E-state index < -0.39 is 0 Å². The Balaban J connectivity index is 1.67. The highest BCUT2D eigenvalue weighted by atomic mass is 16.2. The summed E-state index contributed by atoms with van der Waals surface area (Å²) in [5.41, 5.74) is 0. The van der Waals surface area contributed by atoms with Gasteiger partial charge >= 0.3 is 0 Å². The molecule has 2 rings (SSSR count). The summed E-state index contributed by atoms with van der Waals surface area (Å²) in [5.74, 6) is 0.227. The molecule has 2 unspecified atom stereocenters. The Kier molecular flexibility index (Phi) is 4.62. The van der Waals surface area contributed by atoms with E-state index in [1.807, 2.05) is 14.1 Å². The normalized spacial score (nSPS) is 28.4. The van der Waals surface area contributed by atoms with Crippen LogP contribution in [0.5, 0.6) is 0 Å². The SMILES string of the molecule is CN(C)C(=O)C1CCC(CCN(C)C2CCC2)N1. The van der Waals surface area contributed by atoms with E-state index in [1.165, 1.54) is 25.7 Å². The van der Waals surface area contributed by atoms with Crippen LogP contribution in [0, 0.1) is 0 Å². The number of hydrogen-bond donors (Lipinski definition) is 1. The summed E-state index contributed by atoms with van der Waals surface area (Å²) in [5, 5.41) is 3.48. The maximum atomic E-state index is 11.8. The Morgan fingerprint density at radius 2 is 1.89 bits per heavy atom. The monoisotopic (exact) mass is 253 g/mol. The fourth-order valence-electron chi connectivity index (χ4n) is 2.92. The van der Waals surface area contributed by atoms with Crippen molar-refractivity contribution in [2.45, 2.75) is 56.7 Å². The summed E-state index contributed by atoms with van der Waals surface area (Å²) in [6.45, 7) is 1.16. The molecular formula is C14H27N3O. The topological polar surface area (TPSA) is 35.6 Å². The quantitative estimate of drug-likeness (QED) is 0.796. The predicted molar refractivity (Wildman–Crippen MR) is 73.5 cm³/mol. The molecule has 0 spiro atoms. The minimum absolute atomic E-state index is 0.0546. The minimum Gasteiger partial charge on any atom is -0.347 e. The summed E-state index contributed by atoms with van der Waals surface area (Å²) < 4.78 is 0. The fraction of sp³-hybridized carbons (Fsp3) is 0.929. The van der Waals surface area contributed by atoms with Crippen molar-refractivity contribution in [3.8, 4) is 0 Å². The van der Waals surface area contributed by atoms with Gasteiger partial charge in [0.05, 0.1) is 6.04 Å². The van der Waals surface area contributed by atoms with Gasteiger partial charge in [-0.05, 0) is 45.7 Å². The lowest BCUT2D eigenvalue weighted by molar-refractivity contribution is -0.130. The second kappa shape index (κ2) is 6.02. The Hall–Kier alpha value is -0.610. The average molecular weight is 253 g/mol. The van der Waals surface area contributed by atoms with Crippen molar-refractivity contribution in [2.24, 2.45) is 0 Å². The highest BCUT2D eigenvalue weighted by molar-refractivity contribution is 5.81. The lowest BCUT2D eigenvalue weighted by atomic mass is 9.91. The van der Waals surface area contributed by atoms with Crippen LogP contribution in [0.4, 0.5) is 0 Å². The molecule has 1 N–H and O–H groups in total. The van der Waals surface area contributed by atoms with Gasteiger partial charge in [-0.1, -0.05) is 6.42 Å². The third-order valence-corrected chi connectivity index (χ3v) is 4.51. The molecule has 1 amide bonds. The lowest BCUT2D eigenvalue weighted by Crippen LogP contribution is -2.43. The van der Waals surface area contributed by atoms with Crippen LogP contribution in [0.25, 0.3) is 0 Å². The molecule has 4 nitrogen and oxygen atoms in total. The number of likely N-dealkylation sites (N-methyl/N-ethyl adjacent to an activating group) is 1. The van der Waals surface area contributed by atoms with Crippen LogP contribution in [0.15, 0.2) is 0 Å². The molecule has 4 heteroatoms. The zero-order valence-corrected chi connectivity index (χ0v) is 12.0. The smallest absolute Gasteiger partial charge is 0.239 e. The Bertz CT molecular complexity index is 289. The van der Waals surface area contributed by atoms with Gasteiger partial charge in [-0.25, -0.2) is 0 Å². The van der Waals surface area contributed by atoms with E-state index in [0.29, 0.717) is 6.04 Å². The first kappa shape index (κ1) is 13.8. The van der Waals surface area contributed by atoms with Crippen molar-refractivity contribution in [1.29, 1.82) is 0 Å². The van der Waals surface area contributed by atoms with Crippen LogP contribution < -0.4 is 5.32 Å². The van der Waals surface area contributed by atoms with Gasteiger partial charge in [0.15, 0.2) is 0 Å². The fourth-order valence-corrected chi connectivity index (χ4v) is 2.92. The molecule has 2 fully saturated rings. The summed E-state index contributed by atoms with van der Waals surface area (Å²) in [6, 6.07) is 1.41. The van der Waals surface area contributed by atoms with E-state index in [9.17, 15) is 4.79 Å². The Morgan fingerprint density at radius 3 is 2.44 bits per heavy atom. The standard InChI is InChI=1S/C14H27N3O/c1-16(2)14(18)13-8-7-11(15-13)9-10-17(3)12-5-4-6-12/h11-13,15H,4-10H2,1-3H3. The van der Waals surface area contributed by atoms with Gasteiger partial charge in [0, 0.05) is 26.2 Å². The largest absolute Gasteiger partial charge is 0.347 e. The maximum absolute atomic E-state index is 11.8. The molecule has 2 atom stereocenters. The number of hydrogen-bond acceptors (Lipinski definition) is 3. The number of nitrogens with zero attached hydrogens (tertiary/aromatic N) is 2. The number of nitrogens with one attached hydrogen (secondary N) is 1. The average Bonchev–Trinajstić information content (AvgIpc) is 2.71. The molecule has 1 aliphatic carbocycles. The molecule has 0 radical (unpaired) electrons. The van der Waals surface area contributed by atoms with Gasteiger partial charge in [0.2, 0.25) is 5.91 Å². The van der Waals surface area contributed by atoms with E-state index >= 15 is 0 Å². The van der Waals surface area contributed by atoms with Gasteiger partial charge in [0.1, 0.15) is 0 Å². The number of carbonyl (C=O) groups excluding carboxylic acids is 1. The summed E-state index contributed by atoms with van der Waals surface area (Å²) in [7, 11) is 5.91. The van der Waals surface area contributed by atoms with Crippen molar-refractivity contribution in [2.75, 3.05) is 27.7 Å². The first-order valence-corrected chi connectivity index (χ1v) is 7.25. The molecule has 0 bridgehead atoms. The third-order valence-electron chi connectivity index (χ3n) is 4.51. The van der Waals surface area contributed by atoms with E-state index in [-0.39, 0.29) is 11.9 Å². The first-order valence-electron chi connectivity index (χ1n) is 7.25. The molecule has 1 heterocycles. The highest BCUT2D eigenvalue weighted by Gasteiger charge is 2.30. The molecule has 104 valence electrons. The van der Waals surface area contributed by atoms with Gasteiger partial charge in [-0.2, -0.15) is 0 Å². The first-order chi connectivity index (χ1) is 8.58. The van der Waals surface area contributed by atoms with Crippen LogP contribution in [-0.2, 0) is 4.79 Å². The van der Waals surface area contributed by atoms with Crippen LogP contribution >= 0.6 is 0 Å². The van der Waals surface area contributed by atoms with Gasteiger partial charge < -0.3 is 15.1 Å². The second-order valence-electron chi connectivity index (χ2n) is 6.08. The van der Waals surface area contributed by atoms with Crippen molar-refractivity contribution in [3.63, 3.8) is 0 Å². The zero-order chi connectivity index (χ0) is 13.1. The maximum Gasteiger partial charge on any atom is 0.239 e. The molecular weight excluding hydrogens is 226 g/mol. The predicted octanol–water partition coefficient (Wildman–Crippen LogP) is 1.07. The molecule has 0 aromatic heterocycles. The van der Waals surface area contributed by atoms with Crippen molar-refractivity contribution in [1.82, 2.24) is 15.1 Å².